The quantitative estimate of drug-likeness (QED) is 0.629. The van der Waals surface area contributed by atoms with Gasteiger partial charge in [-0.25, -0.2) is 0 Å². The molecule has 0 amide bonds. The van der Waals surface area contributed by atoms with Gasteiger partial charge in [0, 0.05) is 11.1 Å². The Labute approximate surface area is 101 Å². The van der Waals surface area contributed by atoms with E-state index >= 15 is 0 Å². The van der Waals surface area contributed by atoms with E-state index in [1.54, 1.807) is 25.1 Å². The summed E-state index contributed by atoms with van der Waals surface area (Å²) in [5.74, 6) is 0. The van der Waals surface area contributed by atoms with Crippen molar-refractivity contribution in [2.24, 2.45) is 0 Å². The molecule has 0 aliphatic rings. The summed E-state index contributed by atoms with van der Waals surface area (Å²) in [6.07, 6.45) is 7.85. The number of hydroxylamine groups is 1. The molecule has 0 unspecified atom stereocenters. The lowest BCUT2D eigenvalue weighted by molar-refractivity contribution is 0.136. The molecule has 0 aromatic carbocycles. The summed E-state index contributed by atoms with van der Waals surface area (Å²) in [4.78, 5) is 10.4. The maximum atomic E-state index is 4.95. The number of allylic oxidation sites excluding steroid dienone is 2. The highest BCUT2D eigenvalue weighted by Crippen LogP contribution is 2.18. The van der Waals surface area contributed by atoms with Crippen LogP contribution in [0.25, 0.3) is 5.70 Å². The molecule has 0 fully saturated rings. The lowest BCUT2D eigenvalue weighted by Gasteiger charge is -2.08. The number of pyridine rings is 1. The molecule has 0 bridgehead atoms. The van der Waals surface area contributed by atoms with Crippen LogP contribution < -0.4 is 5.48 Å². The zero-order chi connectivity index (χ0) is 11.8. The van der Waals surface area contributed by atoms with E-state index in [1.807, 2.05) is 43.5 Å². The summed E-state index contributed by atoms with van der Waals surface area (Å²) < 4.78 is 0. The fraction of sp³-hybridized carbons (Fsp3) is 0.250. The van der Waals surface area contributed by atoms with Crippen molar-refractivity contribution >= 4 is 17.5 Å². The molecule has 3 nitrogen and oxygen atoms in total. The zero-order valence-electron chi connectivity index (χ0n) is 9.73. The van der Waals surface area contributed by atoms with Crippen molar-refractivity contribution in [3.05, 3.63) is 47.1 Å². The fourth-order valence-corrected chi connectivity index (χ4v) is 1.66. The van der Waals surface area contributed by atoms with Gasteiger partial charge in [-0.2, -0.15) is 0 Å². The molecule has 0 saturated carbocycles. The van der Waals surface area contributed by atoms with Gasteiger partial charge in [-0.15, -0.1) is 11.8 Å². The molecule has 4 heteroatoms. The Balaban J connectivity index is 3.00. The molecule has 1 rings (SSSR count). The average Bonchev–Trinajstić information content (AvgIpc) is 2.35. The van der Waals surface area contributed by atoms with Gasteiger partial charge in [0.2, 0.25) is 0 Å². The normalized spacial score (nSPS) is 12.7. The molecule has 0 aliphatic heterocycles. The number of rotatable bonds is 5. The second-order valence-corrected chi connectivity index (χ2v) is 3.85. The predicted molar refractivity (Wildman–Crippen MR) is 69.6 cm³/mol. The summed E-state index contributed by atoms with van der Waals surface area (Å²) >= 11 is 1.68. The average molecular weight is 236 g/mol. The lowest BCUT2D eigenvalue weighted by Crippen LogP contribution is -2.11. The van der Waals surface area contributed by atoms with Crippen molar-refractivity contribution in [3.63, 3.8) is 0 Å². The predicted octanol–water partition coefficient (Wildman–Crippen LogP) is 2.84. The largest absolute Gasteiger partial charge is 0.279 e. The number of hydrogen-bond acceptors (Lipinski definition) is 4. The van der Waals surface area contributed by atoms with E-state index in [-0.39, 0.29) is 0 Å². The third kappa shape index (κ3) is 3.72. The van der Waals surface area contributed by atoms with Gasteiger partial charge in [-0.3, -0.25) is 15.3 Å². The van der Waals surface area contributed by atoms with Crippen molar-refractivity contribution in [2.45, 2.75) is 6.92 Å². The smallest absolute Gasteiger partial charge is 0.0884 e. The van der Waals surface area contributed by atoms with E-state index in [0.29, 0.717) is 0 Å². The van der Waals surface area contributed by atoms with E-state index in [1.165, 1.54) is 0 Å². The zero-order valence-corrected chi connectivity index (χ0v) is 10.5. The molecular weight excluding hydrogens is 220 g/mol. The molecule has 0 saturated heterocycles. The summed E-state index contributed by atoms with van der Waals surface area (Å²) in [6.45, 7) is 2.01. The fourth-order valence-electron chi connectivity index (χ4n) is 1.19. The Morgan fingerprint density at radius 2 is 2.31 bits per heavy atom. The van der Waals surface area contributed by atoms with Crippen molar-refractivity contribution in [1.29, 1.82) is 0 Å². The van der Waals surface area contributed by atoms with Gasteiger partial charge in [0.25, 0.3) is 0 Å². The van der Waals surface area contributed by atoms with Crippen LogP contribution in [0.3, 0.4) is 0 Å². The van der Waals surface area contributed by atoms with E-state index in [2.05, 4.69) is 10.5 Å². The molecular formula is C12H16N2OS. The first-order chi connectivity index (χ1) is 7.81. The van der Waals surface area contributed by atoms with E-state index < -0.39 is 0 Å². The van der Waals surface area contributed by atoms with Crippen LogP contribution in [-0.4, -0.2) is 18.3 Å². The second kappa shape index (κ2) is 7.09. The molecule has 0 aliphatic carbocycles. The van der Waals surface area contributed by atoms with Gasteiger partial charge in [-0.1, -0.05) is 12.1 Å². The first-order valence-corrected chi connectivity index (χ1v) is 6.16. The minimum atomic E-state index is 0.852. The topological polar surface area (TPSA) is 34.1 Å². The maximum absolute atomic E-state index is 4.95. The summed E-state index contributed by atoms with van der Waals surface area (Å²) in [7, 11) is 1.59. The monoisotopic (exact) mass is 236 g/mol. The van der Waals surface area contributed by atoms with Crippen LogP contribution >= 0.6 is 11.8 Å². The van der Waals surface area contributed by atoms with Crippen molar-refractivity contribution in [1.82, 2.24) is 10.5 Å². The van der Waals surface area contributed by atoms with Crippen LogP contribution in [0, 0.1) is 0 Å². The third-order valence-corrected chi connectivity index (χ3v) is 2.78. The number of aromatic nitrogens is 1. The second-order valence-electron chi connectivity index (χ2n) is 2.97. The Bertz CT molecular complexity index is 374. The standard InChI is InChI=1S/C12H16N2OS/c1-4-10(16-3)9-12(14-15-2)11-7-5-6-8-13-11/h4-9,14H,1-3H3/b10-4+,12-9-. The molecule has 0 spiro atoms. The highest BCUT2D eigenvalue weighted by Gasteiger charge is 2.02. The highest BCUT2D eigenvalue weighted by atomic mass is 32.2. The molecule has 1 N–H and O–H groups in total. The van der Waals surface area contributed by atoms with Gasteiger partial charge < -0.3 is 0 Å². The van der Waals surface area contributed by atoms with Gasteiger partial charge >= 0.3 is 0 Å². The van der Waals surface area contributed by atoms with Crippen LogP contribution in [-0.2, 0) is 4.84 Å². The molecule has 0 atom stereocenters. The van der Waals surface area contributed by atoms with Crippen LogP contribution in [0.2, 0.25) is 0 Å². The number of hydrogen-bond donors (Lipinski definition) is 1. The SMILES string of the molecule is C/C=C(\C=C(/NOC)c1ccccn1)SC. The van der Waals surface area contributed by atoms with Crippen LogP contribution in [0.5, 0.6) is 0 Å². The van der Waals surface area contributed by atoms with Crippen molar-refractivity contribution in [3.8, 4) is 0 Å². The Morgan fingerprint density at radius 1 is 1.50 bits per heavy atom. The lowest BCUT2D eigenvalue weighted by atomic mass is 10.2. The van der Waals surface area contributed by atoms with Gasteiger partial charge in [0.15, 0.2) is 0 Å². The van der Waals surface area contributed by atoms with Crippen LogP contribution in [0.1, 0.15) is 12.6 Å². The van der Waals surface area contributed by atoms with E-state index in [9.17, 15) is 0 Å². The molecule has 1 aromatic heterocycles. The highest BCUT2D eigenvalue weighted by molar-refractivity contribution is 8.02. The molecule has 16 heavy (non-hydrogen) atoms. The van der Waals surface area contributed by atoms with Crippen LogP contribution in [0.15, 0.2) is 41.5 Å². The van der Waals surface area contributed by atoms with Gasteiger partial charge in [0.1, 0.15) is 0 Å². The van der Waals surface area contributed by atoms with E-state index in [4.69, 9.17) is 4.84 Å². The first kappa shape index (κ1) is 12.8. The minimum Gasteiger partial charge on any atom is -0.279 e. The molecule has 1 aromatic rings. The van der Waals surface area contributed by atoms with Crippen LogP contribution in [0.4, 0.5) is 0 Å². The Kier molecular flexibility index (Phi) is 5.67. The van der Waals surface area contributed by atoms with Gasteiger partial charge in [0.05, 0.1) is 18.5 Å². The summed E-state index contributed by atoms with van der Waals surface area (Å²) in [5.41, 5.74) is 4.55. The number of thioether (sulfide) groups is 1. The Hall–Kier alpha value is -1.26. The molecule has 0 radical (unpaired) electrons. The molecule has 1 heterocycles. The number of nitrogens with zero attached hydrogens (tertiary/aromatic N) is 1. The first-order valence-electron chi connectivity index (χ1n) is 4.94. The van der Waals surface area contributed by atoms with Crippen molar-refractivity contribution < 1.29 is 4.84 Å². The molecule has 86 valence electrons. The van der Waals surface area contributed by atoms with E-state index in [0.717, 1.165) is 16.3 Å². The third-order valence-electron chi connectivity index (χ3n) is 1.96. The summed E-state index contributed by atoms with van der Waals surface area (Å²) in [6, 6.07) is 5.77. The Morgan fingerprint density at radius 3 is 2.81 bits per heavy atom. The minimum absolute atomic E-state index is 0.852. The maximum Gasteiger partial charge on any atom is 0.0884 e. The summed E-state index contributed by atoms with van der Waals surface area (Å²) in [5, 5.41) is 0. The number of nitrogens with one attached hydrogen (secondary N) is 1. The van der Waals surface area contributed by atoms with Gasteiger partial charge in [-0.05, 0) is 31.4 Å². The van der Waals surface area contributed by atoms with Crippen molar-refractivity contribution in [2.75, 3.05) is 13.4 Å².